The second-order valence-electron chi connectivity index (χ2n) is 7.27. The van der Waals surface area contributed by atoms with Gasteiger partial charge in [0.05, 0.1) is 0 Å². The summed E-state index contributed by atoms with van der Waals surface area (Å²) in [7, 11) is 0. The highest BCUT2D eigenvalue weighted by Gasteiger charge is 2.37. The fourth-order valence-corrected chi connectivity index (χ4v) is 4.08. The van der Waals surface area contributed by atoms with Gasteiger partial charge < -0.3 is 9.42 Å². The maximum Gasteiger partial charge on any atom is 0.226 e. The first-order valence-corrected chi connectivity index (χ1v) is 9.45. The summed E-state index contributed by atoms with van der Waals surface area (Å²) in [6, 6.07) is 10.7. The molecular weight excluding hydrogens is 314 g/mol. The number of rotatable bonds is 5. The number of carbonyl (C=O) groups excluding carboxylic acids is 1. The van der Waals surface area contributed by atoms with Crippen LogP contribution in [0.15, 0.2) is 34.9 Å². The monoisotopic (exact) mass is 339 g/mol. The van der Waals surface area contributed by atoms with Crippen LogP contribution < -0.4 is 0 Å². The molecule has 1 aromatic heterocycles. The predicted molar refractivity (Wildman–Crippen MR) is 94.1 cm³/mol. The first-order valence-electron chi connectivity index (χ1n) is 9.45. The Morgan fingerprint density at radius 3 is 2.68 bits per heavy atom. The lowest BCUT2D eigenvalue weighted by molar-refractivity contribution is -0.130. The molecule has 1 aliphatic carbocycles. The third-order valence-electron chi connectivity index (χ3n) is 5.49. The fourth-order valence-electron chi connectivity index (χ4n) is 4.08. The minimum absolute atomic E-state index is 0.0867. The molecule has 1 unspecified atom stereocenters. The molecule has 5 nitrogen and oxygen atoms in total. The van der Waals surface area contributed by atoms with Gasteiger partial charge in [-0.1, -0.05) is 54.8 Å². The average molecular weight is 339 g/mol. The molecule has 4 rings (SSSR count). The molecule has 1 saturated carbocycles. The predicted octanol–water partition coefficient (Wildman–Crippen LogP) is 3.50. The summed E-state index contributed by atoms with van der Waals surface area (Å²) in [5.74, 6) is 1.72. The quantitative estimate of drug-likeness (QED) is 0.836. The number of aromatic nitrogens is 2. The Morgan fingerprint density at radius 2 is 1.88 bits per heavy atom. The van der Waals surface area contributed by atoms with Crippen LogP contribution in [-0.4, -0.2) is 33.5 Å². The Bertz CT molecular complexity index is 707. The van der Waals surface area contributed by atoms with Gasteiger partial charge in [-0.3, -0.25) is 4.79 Å². The highest BCUT2D eigenvalue weighted by atomic mass is 16.5. The summed E-state index contributed by atoms with van der Waals surface area (Å²) in [5, 5.41) is 4.16. The summed E-state index contributed by atoms with van der Waals surface area (Å²) in [6.45, 7) is 0.751. The van der Waals surface area contributed by atoms with Crippen molar-refractivity contribution in [2.75, 3.05) is 6.54 Å². The van der Waals surface area contributed by atoms with Gasteiger partial charge in [0, 0.05) is 31.3 Å². The molecular formula is C20H25N3O2. The number of nitrogens with zero attached hydrogens (tertiary/aromatic N) is 3. The van der Waals surface area contributed by atoms with E-state index in [-0.39, 0.29) is 11.8 Å². The molecule has 132 valence electrons. The molecule has 1 aromatic carbocycles. The number of aryl methyl sites for hydroxylation is 2. The number of likely N-dealkylation sites (tertiary alicyclic amines) is 1. The fraction of sp³-hybridized carbons (Fsp3) is 0.550. The molecule has 2 heterocycles. The van der Waals surface area contributed by atoms with Gasteiger partial charge >= 0.3 is 0 Å². The van der Waals surface area contributed by atoms with Gasteiger partial charge in [0.1, 0.15) is 0 Å². The highest BCUT2D eigenvalue weighted by molar-refractivity contribution is 5.79. The minimum atomic E-state index is 0.0867. The van der Waals surface area contributed by atoms with Crippen molar-refractivity contribution >= 4 is 5.91 Å². The topological polar surface area (TPSA) is 59.2 Å². The second kappa shape index (κ2) is 7.38. The van der Waals surface area contributed by atoms with Crippen molar-refractivity contribution in [3.05, 3.63) is 47.6 Å². The van der Waals surface area contributed by atoms with E-state index in [0.717, 1.165) is 32.2 Å². The smallest absolute Gasteiger partial charge is 0.226 e. The molecule has 0 spiro atoms. The third-order valence-corrected chi connectivity index (χ3v) is 5.49. The van der Waals surface area contributed by atoms with E-state index in [2.05, 4.69) is 27.2 Å². The van der Waals surface area contributed by atoms with Crippen LogP contribution >= 0.6 is 0 Å². The lowest BCUT2D eigenvalue weighted by Crippen LogP contribution is -2.37. The van der Waals surface area contributed by atoms with Crippen LogP contribution in [-0.2, 0) is 17.6 Å². The zero-order valence-electron chi connectivity index (χ0n) is 14.6. The maximum atomic E-state index is 12.4. The molecule has 2 aromatic rings. The summed E-state index contributed by atoms with van der Waals surface area (Å²) in [5.41, 5.74) is 1.27. The third kappa shape index (κ3) is 3.75. The highest BCUT2D eigenvalue weighted by Crippen LogP contribution is 2.32. The van der Waals surface area contributed by atoms with Gasteiger partial charge in [-0.05, 0) is 24.8 Å². The Labute approximate surface area is 148 Å². The standard InChI is InChI=1S/C20H25N3O2/c24-19-13-16(14-23(19)17-9-5-2-6-10-17)20-21-18(25-22-20)12-11-15-7-3-1-4-8-15/h1,3-4,7-8,16-17H,2,5-6,9-14H2. The Hall–Kier alpha value is -2.17. The SMILES string of the molecule is O=C1CC(c2noc(CCc3ccccc3)n2)CN1C1CCCCC1. The lowest BCUT2D eigenvalue weighted by Gasteiger charge is -2.31. The molecule has 1 amide bonds. The van der Waals surface area contributed by atoms with Crippen LogP contribution in [0.1, 0.15) is 61.7 Å². The van der Waals surface area contributed by atoms with Crippen LogP contribution in [0.5, 0.6) is 0 Å². The van der Waals surface area contributed by atoms with Gasteiger partial charge in [0.25, 0.3) is 0 Å². The van der Waals surface area contributed by atoms with Gasteiger partial charge in [-0.15, -0.1) is 0 Å². The van der Waals surface area contributed by atoms with Crippen molar-refractivity contribution in [3.63, 3.8) is 0 Å². The number of amides is 1. The molecule has 1 saturated heterocycles. The first-order chi connectivity index (χ1) is 12.3. The zero-order chi connectivity index (χ0) is 17.1. The van der Waals surface area contributed by atoms with E-state index < -0.39 is 0 Å². The van der Waals surface area contributed by atoms with E-state index in [9.17, 15) is 4.79 Å². The number of carbonyl (C=O) groups is 1. The molecule has 0 N–H and O–H groups in total. The molecule has 2 fully saturated rings. The van der Waals surface area contributed by atoms with Crippen LogP contribution in [0.3, 0.4) is 0 Å². The molecule has 2 aliphatic rings. The minimum Gasteiger partial charge on any atom is -0.339 e. The normalized spacial score (nSPS) is 21.8. The van der Waals surface area contributed by atoms with Gasteiger partial charge in [-0.25, -0.2) is 0 Å². The number of benzene rings is 1. The summed E-state index contributed by atoms with van der Waals surface area (Å²) >= 11 is 0. The molecule has 1 atom stereocenters. The van der Waals surface area contributed by atoms with Crippen LogP contribution in [0, 0.1) is 0 Å². The van der Waals surface area contributed by atoms with E-state index >= 15 is 0 Å². The maximum absolute atomic E-state index is 12.4. The van der Waals surface area contributed by atoms with Gasteiger partial charge in [0.2, 0.25) is 11.8 Å². The van der Waals surface area contributed by atoms with Crippen molar-refractivity contribution in [1.29, 1.82) is 0 Å². The lowest BCUT2D eigenvalue weighted by atomic mass is 9.94. The molecule has 25 heavy (non-hydrogen) atoms. The molecule has 5 heteroatoms. The number of hydrogen-bond donors (Lipinski definition) is 0. The Kier molecular flexibility index (Phi) is 4.81. The van der Waals surface area contributed by atoms with Gasteiger partial charge in [0.15, 0.2) is 5.82 Å². The first kappa shape index (κ1) is 16.3. The Balaban J connectivity index is 1.36. The molecule has 0 bridgehead atoms. The van der Waals surface area contributed by atoms with E-state index in [4.69, 9.17) is 4.52 Å². The Morgan fingerprint density at radius 1 is 1.08 bits per heavy atom. The molecule has 0 radical (unpaired) electrons. The number of hydrogen-bond acceptors (Lipinski definition) is 4. The summed E-state index contributed by atoms with van der Waals surface area (Å²) in [4.78, 5) is 19.1. The van der Waals surface area contributed by atoms with Gasteiger partial charge in [-0.2, -0.15) is 4.98 Å². The van der Waals surface area contributed by atoms with E-state index in [1.807, 2.05) is 18.2 Å². The largest absolute Gasteiger partial charge is 0.339 e. The van der Waals surface area contributed by atoms with E-state index in [0.29, 0.717) is 24.2 Å². The van der Waals surface area contributed by atoms with E-state index in [1.165, 1.54) is 24.8 Å². The summed E-state index contributed by atoms with van der Waals surface area (Å²) in [6.07, 6.45) is 8.23. The van der Waals surface area contributed by atoms with Crippen molar-refractivity contribution in [2.45, 2.75) is 63.3 Å². The zero-order valence-corrected chi connectivity index (χ0v) is 14.6. The van der Waals surface area contributed by atoms with Crippen LogP contribution in [0.25, 0.3) is 0 Å². The van der Waals surface area contributed by atoms with Crippen molar-refractivity contribution < 1.29 is 9.32 Å². The molecule has 1 aliphatic heterocycles. The summed E-state index contributed by atoms with van der Waals surface area (Å²) < 4.78 is 5.42. The second-order valence-corrected chi connectivity index (χ2v) is 7.27. The van der Waals surface area contributed by atoms with Crippen molar-refractivity contribution in [1.82, 2.24) is 15.0 Å². The van der Waals surface area contributed by atoms with E-state index in [1.54, 1.807) is 0 Å². The van der Waals surface area contributed by atoms with Crippen LogP contribution in [0.4, 0.5) is 0 Å². The van der Waals surface area contributed by atoms with Crippen molar-refractivity contribution in [2.24, 2.45) is 0 Å². The van der Waals surface area contributed by atoms with Crippen LogP contribution in [0.2, 0.25) is 0 Å². The van der Waals surface area contributed by atoms with Crippen molar-refractivity contribution in [3.8, 4) is 0 Å². The average Bonchev–Trinajstić information content (AvgIpc) is 3.28.